The summed E-state index contributed by atoms with van der Waals surface area (Å²) in [6, 6.07) is 1.78. The van der Waals surface area contributed by atoms with Gasteiger partial charge in [0.2, 0.25) is 5.88 Å². The number of pyridine rings is 1. The van der Waals surface area contributed by atoms with Crippen molar-refractivity contribution in [3.63, 3.8) is 0 Å². The number of hydrogen-bond donors (Lipinski definition) is 0. The molecule has 0 fully saturated rings. The van der Waals surface area contributed by atoms with Crippen LogP contribution in [0.5, 0.6) is 5.88 Å². The largest absolute Gasteiger partial charge is 0.477 e. The Balaban J connectivity index is 3.09. The summed E-state index contributed by atoms with van der Waals surface area (Å²) in [7, 11) is 0. The first-order chi connectivity index (χ1) is 5.79. The quantitative estimate of drug-likeness (QED) is 0.638. The first kappa shape index (κ1) is 8.71. The smallest absolute Gasteiger partial charge is 0.224 e. The predicted molar refractivity (Wildman–Crippen MR) is 45.5 cm³/mol. The van der Waals surface area contributed by atoms with E-state index in [0.29, 0.717) is 18.1 Å². The SMILES string of the molecule is CCOc1nccc(C)c1C=O. The van der Waals surface area contributed by atoms with Gasteiger partial charge < -0.3 is 4.74 Å². The second-order valence-electron chi connectivity index (χ2n) is 2.40. The molecule has 0 amide bonds. The van der Waals surface area contributed by atoms with Crippen LogP contribution in [-0.4, -0.2) is 17.9 Å². The zero-order valence-electron chi connectivity index (χ0n) is 7.20. The van der Waals surface area contributed by atoms with Gasteiger partial charge in [0, 0.05) is 6.20 Å². The summed E-state index contributed by atoms with van der Waals surface area (Å²) in [6.07, 6.45) is 2.40. The number of ether oxygens (including phenoxy) is 1. The van der Waals surface area contributed by atoms with Crippen LogP contribution >= 0.6 is 0 Å². The van der Waals surface area contributed by atoms with E-state index in [1.165, 1.54) is 0 Å². The van der Waals surface area contributed by atoms with Gasteiger partial charge in [0.05, 0.1) is 12.2 Å². The fraction of sp³-hybridized carbons (Fsp3) is 0.333. The Morgan fingerprint density at radius 2 is 2.42 bits per heavy atom. The van der Waals surface area contributed by atoms with Gasteiger partial charge in [-0.05, 0) is 25.5 Å². The summed E-state index contributed by atoms with van der Waals surface area (Å²) in [6.45, 7) is 4.24. The second kappa shape index (κ2) is 3.85. The molecule has 0 aromatic carbocycles. The third kappa shape index (κ3) is 1.61. The van der Waals surface area contributed by atoms with E-state index in [4.69, 9.17) is 4.74 Å². The van der Waals surface area contributed by atoms with E-state index in [9.17, 15) is 4.79 Å². The van der Waals surface area contributed by atoms with Gasteiger partial charge in [0.1, 0.15) is 0 Å². The van der Waals surface area contributed by atoms with Crippen molar-refractivity contribution < 1.29 is 9.53 Å². The average molecular weight is 165 g/mol. The standard InChI is InChI=1S/C9H11NO2/c1-3-12-9-8(6-11)7(2)4-5-10-9/h4-6H,3H2,1-2H3. The molecular formula is C9H11NO2. The molecule has 1 heterocycles. The number of aldehydes is 1. The van der Waals surface area contributed by atoms with Crippen LogP contribution in [0.1, 0.15) is 22.8 Å². The molecule has 12 heavy (non-hydrogen) atoms. The van der Waals surface area contributed by atoms with Gasteiger partial charge in [-0.15, -0.1) is 0 Å². The minimum Gasteiger partial charge on any atom is -0.477 e. The maximum absolute atomic E-state index is 10.6. The molecule has 3 heteroatoms. The molecule has 0 saturated heterocycles. The van der Waals surface area contributed by atoms with Crippen molar-refractivity contribution in [1.29, 1.82) is 0 Å². The van der Waals surface area contributed by atoms with E-state index in [0.717, 1.165) is 11.8 Å². The molecule has 0 spiro atoms. The normalized spacial score (nSPS) is 9.50. The molecule has 0 N–H and O–H groups in total. The van der Waals surface area contributed by atoms with Crippen molar-refractivity contribution in [2.24, 2.45) is 0 Å². The van der Waals surface area contributed by atoms with Crippen molar-refractivity contribution in [2.45, 2.75) is 13.8 Å². The number of aryl methyl sites for hydroxylation is 1. The molecule has 0 aliphatic heterocycles. The third-order valence-corrected chi connectivity index (χ3v) is 1.57. The Hall–Kier alpha value is -1.38. The monoisotopic (exact) mass is 165 g/mol. The number of aromatic nitrogens is 1. The van der Waals surface area contributed by atoms with Crippen LogP contribution < -0.4 is 4.74 Å². The van der Waals surface area contributed by atoms with Crippen molar-refractivity contribution in [3.05, 3.63) is 23.4 Å². The molecule has 1 aromatic rings. The van der Waals surface area contributed by atoms with E-state index < -0.39 is 0 Å². The molecule has 0 bridgehead atoms. The summed E-state index contributed by atoms with van der Waals surface area (Å²) in [4.78, 5) is 14.5. The molecule has 3 nitrogen and oxygen atoms in total. The second-order valence-corrected chi connectivity index (χ2v) is 2.40. The average Bonchev–Trinajstić information content (AvgIpc) is 2.05. The highest BCUT2D eigenvalue weighted by atomic mass is 16.5. The van der Waals surface area contributed by atoms with Crippen LogP contribution in [0.15, 0.2) is 12.3 Å². The van der Waals surface area contributed by atoms with E-state index in [1.807, 2.05) is 13.8 Å². The number of nitrogens with zero attached hydrogens (tertiary/aromatic N) is 1. The molecule has 64 valence electrons. The Kier molecular flexibility index (Phi) is 2.80. The van der Waals surface area contributed by atoms with E-state index in [-0.39, 0.29) is 0 Å². The van der Waals surface area contributed by atoms with Crippen LogP contribution in [0.4, 0.5) is 0 Å². The lowest BCUT2D eigenvalue weighted by Crippen LogP contribution is -2.00. The highest BCUT2D eigenvalue weighted by Gasteiger charge is 2.05. The minimum atomic E-state index is 0.424. The third-order valence-electron chi connectivity index (χ3n) is 1.57. The van der Waals surface area contributed by atoms with E-state index in [2.05, 4.69) is 4.98 Å². The topological polar surface area (TPSA) is 39.2 Å². The van der Waals surface area contributed by atoms with Gasteiger partial charge in [-0.1, -0.05) is 0 Å². The lowest BCUT2D eigenvalue weighted by atomic mass is 10.2. The molecule has 1 aromatic heterocycles. The number of rotatable bonds is 3. The van der Waals surface area contributed by atoms with Crippen LogP contribution in [-0.2, 0) is 0 Å². The summed E-state index contributed by atoms with van der Waals surface area (Å²) in [5.41, 5.74) is 1.43. The number of carbonyl (C=O) groups excluding carboxylic acids is 1. The maximum Gasteiger partial charge on any atom is 0.224 e. The molecule has 0 unspecified atom stereocenters. The van der Waals surface area contributed by atoms with Crippen LogP contribution in [0.25, 0.3) is 0 Å². The summed E-state index contributed by atoms with van der Waals surface area (Å²) in [5.74, 6) is 0.424. The van der Waals surface area contributed by atoms with Crippen molar-refractivity contribution in [1.82, 2.24) is 4.98 Å². The molecule has 0 aliphatic rings. The Morgan fingerprint density at radius 3 is 3.00 bits per heavy atom. The van der Waals surface area contributed by atoms with Gasteiger partial charge in [-0.2, -0.15) is 0 Å². The first-order valence-electron chi connectivity index (χ1n) is 3.83. The molecule has 0 atom stereocenters. The van der Waals surface area contributed by atoms with E-state index in [1.54, 1.807) is 12.3 Å². The number of carbonyl (C=O) groups is 1. The molecule has 0 saturated carbocycles. The Bertz CT molecular complexity index is 284. The van der Waals surface area contributed by atoms with Gasteiger partial charge in [-0.25, -0.2) is 4.98 Å². The maximum atomic E-state index is 10.6. The summed E-state index contributed by atoms with van der Waals surface area (Å²) >= 11 is 0. The minimum absolute atomic E-state index is 0.424. The Morgan fingerprint density at radius 1 is 1.67 bits per heavy atom. The van der Waals surface area contributed by atoms with E-state index >= 15 is 0 Å². The van der Waals surface area contributed by atoms with Crippen molar-refractivity contribution in [3.8, 4) is 5.88 Å². The van der Waals surface area contributed by atoms with Gasteiger partial charge in [-0.3, -0.25) is 4.79 Å². The van der Waals surface area contributed by atoms with Crippen LogP contribution in [0.2, 0.25) is 0 Å². The zero-order valence-corrected chi connectivity index (χ0v) is 7.20. The fourth-order valence-corrected chi connectivity index (χ4v) is 0.940. The van der Waals surface area contributed by atoms with Crippen molar-refractivity contribution in [2.75, 3.05) is 6.61 Å². The lowest BCUT2D eigenvalue weighted by Gasteiger charge is -2.05. The van der Waals surface area contributed by atoms with Gasteiger partial charge in [0.25, 0.3) is 0 Å². The molecule has 0 radical (unpaired) electrons. The first-order valence-corrected chi connectivity index (χ1v) is 3.83. The summed E-state index contributed by atoms with van der Waals surface area (Å²) in [5, 5.41) is 0. The molecule has 1 rings (SSSR count). The van der Waals surface area contributed by atoms with Crippen molar-refractivity contribution >= 4 is 6.29 Å². The van der Waals surface area contributed by atoms with Crippen LogP contribution in [0.3, 0.4) is 0 Å². The molecular weight excluding hydrogens is 154 g/mol. The summed E-state index contributed by atoms with van der Waals surface area (Å²) < 4.78 is 5.17. The highest BCUT2D eigenvalue weighted by molar-refractivity contribution is 5.80. The fourth-order valence-electron chi connectivity index (χ4n) is 0.940. The lowest BCUT2D eigenvalue weighted by molar-refractivity contribution is 0.111. The Labute approximate surface area is 71.4 Å². The van der Waals surface area contributed by atoms with Gasteiger partial charge in [0.15, 0.2) is 6.29 Å². The highest BCUT2D eigenvalue weighted by Crippen LogP contribution is 2.15. The predicted octanol–water partition coefficient (Wildman–Crippen LogP) is 1.60. The number of hydrogen-bond acceptors (Lipinski definition) is 3. The molecule has 0 aliphatic carbocycles. The van der Waals surface area contributed by atoms with Gasteiger partial charge >= 0.3 is 0 Å². The zero-order chi connectivity index (χ0) is 8.97. The van der Waals surface area contributed by atoms with Crippen LogP contribution in [0, 0.1) is 6.92 Å².